The number of ether oxygens (including phenoxy) is 2. The minimum atomic E-state index is -1.17. The maximum atomic E-state index is 14.7. The molecule has 1 N–H and O–H groups in total. The highest BCUT2D eigenvalue weighted by Gasteiger charge is 2.44. The van der Waals surface area contributed by atoms with Gasteiger partial charge in [0.1, 0.15) is 19.0 Å². The molecule has 0 bridgehead atoms. The molecule has 1 fully saturated rings. The second kappa shape index (κ2) is 5.48. The van der Waals surface area contributed by atoms with Crippen LogP contribution in [0.1, 0.15) is 37.7 Å². The van der Waals surface area contributed by atoms with Crippen LogP contribution in [0, 0.1) is 5.82 Å². The Hall–Kier alpha value is -1.30. The highest BCUT2D eigenvalue weighted by atomic mass is 79.9. The molecule has 114 valence electrons. The van der Waals surface area contributed by atoms with E-state index in [1.54, 1.807) is 0 Å². The highest BCUT2D eigenvalue weighted by Crippen LogP contribution is 2.48. The summed E-state index contributed by atoms with van der Waals surface area (Å²) >= 11 is 3.18. The van der Waals surface area contributed by atoms with Crippen LogP contribution in [0.5, 0.6) is 11.5 Å². The third-order valence-corrected chi connectivity index (χ3v) is 5.06. The first-order valence-corrected chi connectivity index (χ1v) is 7.87. The number of rotatable bonds is 2. The van der Waals surface area contributed by atoms with Gasteiger partial charge in [-0.15, -0.1) is 0 Å². The van der Waals surface area contributed by atoms with Gasteiger partial charge in [0.25, 0.3) is 0 Å². The van der Waals surface area contributed by atoms with Crippen LogP contribution in [0.2, 0.25) is 0 Å². The molecule has 6 heteroatoms. The summed E-state index contributed by atoms with van der Waals surface area (Å²) < 4.78 is 25.8. The largest absolute Gasteiger partial charge is 0.486 e. The minimum absolute atomic E-state index is 0.154. The summed E-state index contributed by atoms with van der Waals surface area (Å²) in [5.41, 5.74) is -0.966. The molecule has 1 aromatic carbocycles. The zero-order valence-corrected chi connectivity index (χ0v) is 13.0. The first-order chi connectivity index (χ1) is 10.1. The van der Waals surface area contributed by atoms with E-state index in [9.17, 15) is 14.3 Å². The smallest absolute Gasteiger partial charge is 0.314 e. The number of carbonyl (C=O) groups is 1. The lowest BCUT2D eigenvalue weighted by Crippen LogP contribution is -2.39. The molecule has 3 rings (SSSR count). The average Bonchev–Trinajstić information content (AvgIpc) is 2.51. The Morgan fingerprint density at radius 1 is 1.24 bits per heavy atom. The minimum Gasteiger partial charge on any atom is -0.486 e. The van der Waals surface area contributed by atoms with Crippen molar-refractivity contribution in [2.75, 3.05) is 13.2 Å². The number of aliphatic carboxylic acids is 1. The lowest BCUT2D eigenvalue weighted by molar-refractivity contribution is -0.145. The van der Waals surface area contributed by atoms with E-state index in [-0.39, 0.29) is 10.0 Å². The van der Waals surface area contributed by atoms with Gasteiger partial charge in [-0.25, -0.2) is 4.39 Å². The SMILES string of the molecule is O=C(O)C1(c2cc3c(c(Br)c2F)OCCO3)CCCCC1. The summed E-state index contributed by atoms with van der Waals surface area (Å²) in [7, 11) is 0. The number of hydrogen-bond donors (Lipinski definition) is 1. The second-order valence-corrected chi connectivity index (χ2v) is 6.32. The summed E-state index contributed by atoms with van der Waals surface area (Å²) in [5.74, 6) is -0.789. The van der Waals surface area contributed by atoms with Crippen LogP contribution in [-0.4, -0.2) is 24.3 Å². The van der Waals surface area contributed by atoms with Gasteiger partial charge >= 0.3 is 5.97 Å². The van der Waals surface area contributed by atoms with Crippen LogP contribution in [0.3, 0.4) is 0 Å². The van der Waals surface area contributed by atoms with E-state index in [2.05, 4.69) is 15.9 Å². The lowest BCUT2D eigenvalue weighted by atomic mass is 9.69. The maximum absolute atomic E-state index is 14.7. The molecular weight excluding hydrogens is 343 g/mol. The first kappa shape index (κ1) is 14.6. The van der Waals surface area contributed by atoms with Crippen molar-refractivity contribution < 1.29 is 23.8 Å². The Labute approximate surface area is 130 Å². The maximum Gasteiger partial charge on any atom is 0.314 e. The van der Waals surface area contributed by atoms with Crippen LogP contribution in [-0.2, 0) is 10.2 Å². The zero-order chi connectivity index (χ0) is 15.0. The van der Waals surface area contributed by atoms with Gasteiger partial charge in [-0.3, -0.25) is 4.79 Å². The quantitative estimate of drug-likeness (QED) is 0.876. The number of carboxylic acid groups (broad SMARTS) is 1. The summed E-state index contributed by atoms with van der Waals surface area (Å²) in [4.78, 5) is 11.9. The highest BCUT2D eigenvalue weighted by molar-refractivity contribution is 9.10. The van der Waals surface area contributed by atoms with Crippen molar-refractivity contribution >= 4 is 21.9 Å². The van der Waals surface area contributed by atoms with Gasteiger partial charge in [0.05, 0.1) is 9.89 Å². The number of carboxylic acids is 1. The molecule has 0 unspecified atom stereocenters. The van der Waals surface area contributed by atoms with Gasteiger partial charge in [0.2, 0.25) is 0 Å². The van der Waals surface area contributed by atoms with Gasteiger partial charge in [0, 0.05) is 5.56 Å². The van der Waals surface area contributed by atoms with Gasteiger partial charge < -0.3 is 14.6 Å². The van der Waals surface area contributed by atoms with E-state index in [1.165, 1.54) is 6.07 Å². The predicted molar refractivity (Wildman–Crippen MR) is 77.5 cm³/mol. The average molecular weight is 359 g/mol. The molecule has 0 saturated heterocycles. The molecule has 0 atom stereocenters. The molecule has 1 saturated carbocycles. The number of hydrogen-bond acceptors (Lipinski definition) is 3. The molecule has 0 aromatic heterocycles. The standard InChI is InChI=1S/C15H16BrFO4/c16-11-12(17)9(8-10-13(11)21-7-6-20-10)15(14(18)19)4-2-1-3-5-15/h8H,1-7H2,(H,18,19). The lowest BCUT2D eigenvalue weighted by Gasteiger charge is -2.35. The van der Waals surface area contributed by atoms with E-state index in [4.69, 9.17) is 9.47 Å². The normalized spacial score (nSPS) is 20.1. The third-order valence-electron chi connectivity index (χ3n) is 4.35. The third kappa shape index (κ3) is 2.29. The summed E-state index contributed by atoms with van der Waals surface area (Å²) in [6, 6.07) is 1.51. The molecule has 1 aliphatic carbocycles. The van der Waals surface area contributed by atoms with E-state index in [0.717, 1.165) is 19.3 Å². The number of halogens is 2. The van der Waals surface area contributed by atoms with Crippen molar-refractivity contribution in [1.82, 2.24) is 0 Å². The Morgan fingerprint density at radius 2 is 1.90 bits per heavy atom. The Balaban J connectivity index is 2.16. The van der Waals surface area contributed by atoms with Crippen molar-refractivity contribution in [3.63, 3.8) is 0 Å². The summed E-state index contributed by atoms with van der Waals surface area (Å²) in [6.45, 7) is 0.735. The van der Waals surface area contributed by atoms with Crippen LogP contribution >= 0.6 is 15.9 Å². The Kier molecular flexibility index (Phi) is 3.82. The molecule has 21 heavy (non-hydrogen) atoms. The molecule has 0 radical (unpaired) electrons. The monoisotopic (exact) mass is 358 g/mol. The van der Waals surface area contributed by atoms with Crippen LogP contribution < -0.4 is 9.47 Å². The van der Waals surface area contributed by atoms with Crippen molar-refractivity contribution in [3.8, 4) is 11.5 Å². The fourth-order valence-corrected chi connectivity index (χ4v) is 3.75. The molecule has 0 spiro atoms. The fourth-order valence-electron chi connectivity index (χ4n) is 3.23. The van der Waals surface area contributed by atoms with E-state index in [1.807, 2.05) is 0 Å². The van der Waals surface area contributed by atoms with Crippen molar-refractivity contribution in [2.45, 2.75) is 37.5 Å². The van der Waals surface area contributed by atoms with Crippen LogP contribution in [0.15, 0.2) is 10.5 Å². The van der Waals surface area contributed by atoms with Crippen molar-refractivity contribution in [3.05, 3.63) is 21.9 Å². The predicted octanol–water partition coefficient (Wildman–Crippen LogP) is 3.65. The van der Waals surface area contributed by atoms with Gasteiger partial charge in [0.15, 0.2) is 11.5 Å². The molecule has 2 aliphatic rings. The van der Waals surface area contributed by atoms with E-state index in [0.29, 0.717) is 37.6 Å². The Bertz CT molecular complexity index is 582. The van der Waals surface area contributed by atoms with Gasteiger partial charge in [-0.05, 0) is 34.8 Å². The van der Waals surface area contributed by atoms with Gasteiger partial charge in [-0.1, -0.05) is 19.3 Å². The van der Waals surface area contributed by atoms with Gasteiger partial charge in [-0.2, -0.15) is 0 Å². The number of fused-ring (bicyclic) bond motifs is 1. The molecule has 0 amide bonds. The van der Waals surface area contributed by atoms with Crippen molar-refractivity contribution in [2.24, 2.45) is 0 Å². The molecule has 1 heterocycles. The zero-order valence-electron chi connectivity index (χ0n) is 11.5. The topological polar surface area (TPSA) is 55.8 Å². The molecule has 1 aliphatic heterocycles. The molecule has 1 aromatic rings. The molecular formula is C15H16BrFO4. The van der Waals surface area contributed by atoms with Crippen LogP contribution in [0.4, 0.5) is 4.39 Å². The Morgan fingerprint density at radius 3 is 2.57 bits per heavy atom. The van der Waals surface area contributed by atoms with Crippen LogP contribution in [0.25, 0.3) is 0 Å². The molecule has 4 nitrogen and oxygen atoms in total. The summed E-state index contributed by atoms with van der Waals surface area (Å²) in [6.07, 6.45) is 3.47. The van der Waals surface area contributed by atoms with E-state index >= 15 is 0 Å². The second-order valence-electron chi connectivity index (χ2n) is 5.52. The van der Waals surface area contributed by atoms with E-state index < -0.39 is 17.2 Å². The summed E-state index contributed by atoms with van der Waals surface area (Å²) in [5, 5.41) is 9.71. The fraction of sp³-hybridized carbons (Fsp3) is 0.533. The number of benzene rings is 1. The van der Waals surface area contributed by atoms with Crippen molar-refractivity contribution in [1.29, 1.82) is 0 Å². The first-order valence-electron chi connectivity index (χ1n) is 7.08.